The Morgan fingerprint density at radius 1 is 0.680 bits per heavy atom. The molecular formula is C47H60Cl2Zr-4. The van der Waals surface area contributed by atoms with Gasteiger partial charge in [0.15, 0.2) is 0 Å². The summed E-state index contributed by atoms with van der Waals surface area (Å²) in [5.41, 5.74) is 13.5. The van der Waals surface area contributed by atoms with Gasteiger partial charge in [0.25, 0.3) is 0 Å². The van der Waals surface area contributed by atoms with E-state index in [1.807, 2.05) is 12.2 Å². The Hall–Kier alpha value is -2.31. The maximum absolute atomic E-state index is 3.88. The van der Waals surface area contributed by atoms with Crippen molar-refractivity contribution in [1.29, 1.82) is 0 Å². The molecular weight excluding hydrogens is 727 g/mol. The van der Waals surface area contributed by atoms with Crippen LogP contribution in [-0.2, 0) is 41.5 Å². The molecule has 0 nitrogen and oxygen atoms in total. The standard InChI is InChI=1S/C33H33.C5H5.2C4H9.CH2.2ClH.Zr/c1-32(2,3)30-20-26-24(18-28(30)22-13-9-7-10-14-22)17-25-19-29(23-15-11-8-12-16-23)31(21-27(25)26)33(4,5)6;1-2-4-5-3-1;2*1-3-4-2;;;;/h7-16,18,20-21H,17H2,1-6H3;1-3H,4H2;2*1,3-4H2,2H3;1H2;2*1H;/q4*-1;;;;. The number of rotatable bonds is 4. The molecule has 0 radical (unpaired) electrons. The van der Waals surface area contributed by atoms with Crippen LogP contribution in [0.4, 0.5) is 0 Å². The molecule has 6 rings (SSSR count). The summed E-state index contributed by atoms with van der Waals surface area (Å²) in [7, 11) is 0. The summed E-state index contributed by atoms with van der Waals surface area (Å²) in [4.78, 5) is 0. The molecule has 3 heteroatoms. The van der Waals surface area contributed by atoms with Crippen LogP contribution in [0.5, 0.6) is 0 Å². The zero-order chi connectivity index (χ0) is 35.7. The van der Waals surface area contributed by atoms with E-state index in [9.17, 15) is 0 Å². The monoisotopic (exact) mass is 784 g/mol. The van der Waals surface area contributed by atoms with E-state index in [1.54, 1.807) is 0 Å². The van der Waals surface area contributed by atoms with Gasteiger partial charge in [-0.2, -0.15) is 18.9 Å². The van der Waals surface area contributed by atoms with Crippen molar-refractivity contribution in [2.45, 2.75) is 105 Å². The molecule has 0 saturated carbocycles. The van der Waals surface area contributed by atoms with E-state index in [0.717, 1.165) is 25.7 Å². The third-order valence-electron chi connectivity index (χ3n) is 8.12. The number of hydrogen-bond donors (Lipinski definition) is 0. The predicted molar refractivity (Wildman–Crippen MR) is 226 cm³/mol. The van der Waals surface area contributed by atoms with Gasteiger partial charge in [0, 0.05) is 0 Å². The van der Waals surface area contributed by atoms with Crippen LogP contribution in [0, 0.1) is 26.0 Å². The number of benzene rings is 4. The van der Waals surface area contributed by atoms with Crippen LogP contribution >= 0.6 is 24.8 Å². The van der Waals surface area contributed by atoms with Gasteiger partial charge in [0.2, 0.25) is 0 Å². The molecule has 50 heavy (non-hydrogen) atoms. The van der Waals surface area contributed by atoms with Gasteiger partial charge in [0.05, 0.1) is 0 Å². The molecule has 4 aromatic carbocycles. The average Bonchev–Trinajstić information content (AvgIpc) is 3.80. The summed E-state index contributed by atoms with van der Waals surface area (Å²) >= 11 is 1.30. The molecule has 4 aromatic rings. The summed E-state index contributed by atoms with van der Waals surface area (Å²) in [6.07, 6.45) is 15.5. The van der Waals surface area contributed by atoms with E-state index < -0.39 is 0 Å². The molecule has 2 aliphatic rings. The van der Waals surface area contributed by atoms with Crippen molar-refractivity contribution in [3.63, 3.8) is 0 Å². The van der Waals surface area contributed by atoms with E-state index in [-0.39, 0.29) is 35.6 Å². The Labute approximate surface area is 334 Å². The van der Waals surface area contributed by atoms with Gasteiger partial charge >= 0.3 is 28.4 Å². The molecule has 0 spiro atoms. The van der Waals surface area contributed by atoms with E-state index in [0.29, 0.717) is 0 Å². The van der Waals surface area contributed by atoms with Gasteiger partial charge in [-0.15, -0.1) is 60.1 Å². The first-order chi connectivity index (χ1) is 23.0. The third kappa shape index (κ3) is 14.0. The second-order valence-corrected chi connectivity index (χ2v) is 14.1. The summed E-state index contributed by atoms with van der Waals surface area (Å²) < 4.78 is 3.34. The van der Waals surface area contributed by atoms with E-state index in [4.69, 9.17) is 0 Å². The van der Waals surface area contributed by atoms with Crippen LogP contribution in [-0.4, -0.2) is 4.21 Å². The van der Waals surface area contributed by atoms with Crippen LogP contribution < -0.4 is 0 Å². The van der Waals surface area contributed by atoms with Crippen LogP contribution in [0.1, 0.15) is 110 Å². The number of hydrogen-bond acceptors (Lipinski definition) is 0. The van der Waals surface area contributed by atoms with Gasteiger partial charge < -0.3 is 13.8 Å². The zero-order valence-corrected chi connectivity index (χ0v) is 36.0. The third-order valence-corrected chi connectivity index (χ3v) is 8.12. The number of allylic oxidation sites excluding steroid dienone is 4. The minimum atomic E-state index is 0. The summed E-state index contributed by atoms with van der Waals surface area (Å²) in [5.74, 6) is 0. The van der Waals surface area contributed by atoms with Gasteiger partial charge in [-0.3, -0.25) is 6.08 Å². The molecule has 0 unspecified atom stereocenters. The van der Waals surface area contributed by atoms with Gasteiger partial charge in [0.1, 0.15) is 0 Å². The average molecular weight is 787 g/mol. The summed E-state index contributed by atoms with van der Waals surface area (Å²) in [6, 6.07) is 32.8. The van der Waals surface area contributed by atoms with Crippen molar-refractivity contribution < 1.29 is 24.2 Å². The topological polar surface area (TPSA) is 0 Å². The Balaban J connectivity index is 0.00000120. The molecule has 0 N–H and O–H groups in total. The Kier molecular flexibility index (Phi) is 22.9. The first kappa shape index (κ1) is 47.7. The molecule has 0 atom stereocenters. The Morgan fingerprint density at radius 3 is 1.56 bits per heavy atom. The molecule has 0 fully saturated rings. The quantitative estimate of drug-likeness (QED) is 0.159. The first-order valence-corrected chi connectivity index (χ1v) is 19.2. The Morgan fingerprint density at radius 2 is 1.16 bits per heavy atom. The molecule has 0 saturated heterocycles. The number of fused-ring (bicyclic) bond motifs is 3. The number of unbranched alkanes of at least 4 members (excludes halogenated alkanes) is 2. The van der Waals surface area contributed by atoms with Crippen LogP contribution in [0.15, 0.2) is 97.1 Å². The van der Waals surface area contributed by atoms with Crippen molar-refractivity contribution >= 4 is 29.0 Å². The van der Waals surface area contributed by atoms with Crippen molar-refractivity contribution in [2.24, 2.45) is 0 Å². The molecule has 0 bridgehead atoms. The fraction of sp³-hybridized carbons (Fsp3) is 0.340. The van der Waals surface area contributed by atoms with Crippen LogP contribution in [0.25, 0.3) is 33.4 Å². The fourth-order valence-corrected chi connectivity index (χ4v) is 5.44. The SMILES string of the molecule is CC(C)(C)c1cc2c([c-]c1-c1ccccc1)Cc1cc(-c3ccccc3)c(C(C)(C)C)cc1-2.Cl.Cl.[C-]1=CC=CC1.[CH2-]CCC.[CH2-]CCC.[CH2]=[Zr]. The van der Waals surface area contributed by atoms with Crippen LogP contribution in [0.2, 0.25) is 0 Å². The normalized spacial score (nSPS) is 11.6. The second kappa shape index (κ2) is 24.0. The molecule has 0 aliphatic heterocycles. The van der Waals surface area contributed by atoms with Crippen LogP contribution in [0.3, 0.4) is 0 Å². The Bertz CT molecular complexity index is 1460. The van der Waals surface area contributed by atoms with E-state index >= 15 is 0 Å². The predicted octanol–water partition coefficient (Wildman–Crippen LogP) is 14.3. The molecule has 270 valence electrons. The van der Waals surface area contributed by atoms with Crippen molar-refractivity contribution in [3.05, 3.63) is 145 Å². The van der Waals surface area contributed by atoms with E-state index in [2.05, 4.69) is 171 Å². The maximum atomic E-state index is 3.88. The van der Waals surface area contributed by atoms with Gasteiger partial charge in [-0.25, -0.2) is 12.2 Å². The second-order valence-electron chi connectivity index (χ2n) is 14.1. The summed E-state index contributed by atoms with van der Waals surface area (Å²) in [5, 5.41) is 0. The van der Waals surface area contributed by atoms with E-state index in [1.165, 1.54) is 92.7 Å². The van der Waals surface area contributed by atoms with Gasteiger partial charge in [-0.05, 0) is 39.5 Å². The summed E-state index contributed by atoms with van der Waals surface area (Å²) in [6.45, 7) is 25.3. The fourth-order valence-electron chi connectivity index (χ4n) is 5.44. The van der Waals surface area contributed by atoms with Crippen molar-refractivity contribution in [1.82, 2.24) is 0 Å². The molecule has 0 amide bonds. The zero-order valence-electron chi connectivity index (χ0n) is 31.9. The van der Waals surface area contributed by atoms with Crippen molar-refractivity contribution in [2.75, 3.05) is 0 Å². The molecule has 0 heterocycles. The minimum absolute atomic E-state index is 0. The first-order valence-electron chi connectivity index (χ1n) is 17.5. The number of halogens is 2. The molecule has 0 aromatic heterocycles. The van der Waals surface area contributed by atoms with Crippen molar-refractivity contribution in [3.8, 4) is 33.4 Å². The molecule has 2 aliphatic carbocycles. The van der Waals surface area contributed by atoms with Gasteiger partial charge in [-0.1, -0.05) is 158 Å².